The molecule has 1 unspecified atom stereocenters. The van der Waals surface area contributed by atoms with Crippen molar-refractivity contribution in [2.75, 3.05) is 7.05 Å². The number of hydrogen-bond donors (Lipinski definition) is 0. The number of rotatable bonds is 3. The fourth-order valence-corrected chi connectivity index (χ4v) is 2.39. The first-order chi connectivity index (χ1) is 9.50. The normalized spacial score (nSPS) is 12.0. The van der Waals surface area contributed by atoms with Gasteiger partial charge in [0.1, 0.15) is 0 Å². The highest BCUT2D eigenvalue weighted by Gasteiger charge is 2.19. The topological polar surface area (TPSA) is 33.2 Å². The van der Waals surface area contributed by atoms with Crippen LogP contribution in [-0.4, -0.2) is 22.8 Å². The molecule has 0 radical (unpaired) electrons. The van der Waals surface area contributed by atoms with Crippen LogP contribution in [-0.2, 0) is 0 Å². The third-order valence-corrected chi connectivity index (χ3v) is 4.83. The highest BCUT2D eigenvalue weighted by atomic mass is 127. The van der Waals surface area contributed by atoms with Gasteiger partial charge < -0.3 is 4.90 Å². The molecule has 1 atom stereocenters. The van der Waals surface area contributed by atoms with E-state index in [0.29, 0.717) is 10.6 Å². The molecular weight excluding hydrogens is 387 g/mol. The van der Waals surface area contributed by atoms with Gasteiger partial charge in [0, 0.05) is 28.6 Å². The summed E-state index contributed by atoms with van der Waals surface area (Å²) in [6.07, 6.45) is 3.46. The zero-order valence-electron chi connectivity index (χ0n) is 11.2. The monoisotopic (exact) mass is 400 g/mol. The number of benzene rings is 1. The Kier molecular flexibility index (Phi) is 4.99. The Morgan fingerprint density at radius 2 is 1.95 bits per heavy atom. The molecule has 0 bridgehead atoms. The van der Waals surface area contributed by atoms with Crippen molar-refractivity contribution >= 4 is 40.1 Å². The molecule has 1 aromatic carbocycles. The number of carbonyl (C=O) groups excluding carboxylic acids is 1. The van der Waals surface area contributed by atoms with E-state index in [0.717, 1.165) is 9.13 Å². The molecule has 104 valence electrons. The van der Waals surface area contributed by atoms with Crippen molar-refractivity contribution in [3.8, 4) is 0 Å². The summed E-state index contributed by atoms with van der Waals surface area (Å²) in [4.78, 5) is 18.2. The molecule has 0 aliphatic rings. The summed E-state index contributed by atoms with van der Waals surface area (Å²) in [7, 11) is 1.79. The predicted octanol–water partition coefficient (Wildman–Crippen LogP) is 4.17. The van der Waals surface area contributed by atoms with E-state index in [2.05, 4.69) is 27.6 Å². The average molecular weight is 401 g/mol. The van der Waals surface area contributed by atoms with Gasteiger partial charge in [-0.1, -0.05) is 11.6 Å². The van der Waals surface area contributed by atoms with E-state index < -0.39 is 0 Å². The molecule has 2 rings (SSSR count). The number of pyridine rings is 1. The summed E-state index contributed by atoms with van der Waals surface area (Å²) in [5, 5.41) is 0.599. The maximum absolute atomic E-state index is 12.5. The molecule has 1 heterocycles. The number of aromatic nitrogens is 1. The zero-order chi connectivity index (χ0) is 14.7. The Morgan fingerprint density at radius 3 is 2.55 bits per heavy atom. The van der Waals surface area contributed by atoms with Crippen LogP contribution in [0.15, 0.2) is 42.7 Å². The summed E-state index contributed by atoms with van der Waals surface area (Å²) < 4.78 is 0.936. The van der Waals surface area contributed by atoms with Crippen molar-refractivity contribution in [2.45, 2.75) is 13.0 Å². The molecule has 0 saturated heterocycles. The highest BCUT2D eigenvalue weighted by Crippen LogP contribution is 2.23. The molecule has 2 aromatic rings. The van der Waals surface area contributed by atoms with Gasteiger partial charge in [0.25, 0.3) is 5.91 Å². The van der Waals surface area contributed by atoms with Gasteiger partial charge in [-0.15, -0.1) is 0 Å². The van der Waals surface area contributed by atoms with Crippen molar-refractivity contribution in [1.29, 1.82) is 0 Å². The van der Waals surface area contributed by atoms with Crippen molar-refractivity contribution in [3.63, 3.8) is 0 Å². The average Bonchev–Trinajstić information content (AvgIpc) is 2.48. The van der Waals surface area contributed by atoms with Crippen molar-refractivity contribution in [1.82, 2.24) is 9.88 Å². The molecular formula is C15H14ClIN2O. The second kappa shape index (κ2) is 6.54. The third kappa shape index (κ3) is 3.30. The second-order valence-electron chi connectivity index (χ2n) is 4.50. The molecule has 0 fully saturated rings. The standard InChI is InChI=1S/C15H14ClIN2O/c1-10(11-5-7-18-8-6-11)19(2)15(20)12-3-4-14(17)13(16)9-12/h3-10H,1-2H3. The van der Waals surface area contributed by atoms with Gasteiger partial charge in [-0.3, -0.25) is 9.78 Å². The maximum Gasteiger partial charge on any atom is 0.254 e. The van der Waals surface area contributed by atoms with E-state index in [4.69, 9.17) is 11.6 Å². The summed E-state index contributed by atoms with van der Waals surface area (Å²) in [6, 6.07) is 9.16. The number of nitrogens with zero attached hydrogens (tertiary/aromatic N) is 2. The van der Waals surface area contributed by atoms with Crippen LogP contribution in [0.3, 0.4) is 0 Å². The molecule has 5 heteroatoms. The Morgan fingerprint density at radius 1 is 1.30 bits per heavy atom. The number of carbonyl (C=O) groups is 1. The van der Waals surface area contributed by atoms with E-state index in [-0.39, 0.29) is 11.9 Å². The first kappa shape index (κ1) is 15.3. The lowest BCUT2D eigenvalue weighted by atomic mass is 10.1. The van der Waals surface area contributed by atoms with Gasteiger partial charge in [-0.25, -0.2) is 0 Å². The van der Waals surface area contributed by atoms with Crippen molar-refractivity contribution in [3.05, 3.63) is 62.4 Å². The van der Waals surface area contributed by atoms with Crippen LogP contribution < -0.4 is 0 Å². The first-order valence-corrected chi connectivity index (χ1v) is 7.58. The molecule has 0 spiro atoms. The van der Waals surface area contributed by atoms with E-state index in [1.54, 1.807) is 36.5 Å². The molecule has 0 N–H and O–H groups in total. The number of hydrogen-bond acceptors (Lipinski definition) is 2. The summed E-state index contributed by atoms with van der Waals surface area (Å²) >= 11 is 8.21. The largest absolute Gasteiger partial charge is 0.335 e. The summed E-state index contributed by atoms with van der Waals surface area (Å²) in [5.41, 5.74) is 1.64. The lowest BCUT2D eigenvalue weighted by Crippen LogP contribution is -2.29. The lowest BCUT2D eigenvalue weighted by molar-refractivity contribution is 0.0742. The zero-order valence-corrected chi connectivity index (χ0v) is 14.1. The Labute approximate surface area is 137 Å². The van der Waals surface area contributed by atoms with E-state index >= 15 is 0 Å². The van der Waals surface area contributed by atoms with Gasteiger partial charge in [0.2, 0.25) is 0 Å². The van der Waals surface area contributed by atoms with Gasteiger partial charge in [0.05, 0.1) is 11.1 Å². The molecule has 20 heavy (non-hydrogen) atoms. The lowest BCUT2D eigenvalue weighted by Gasteiger charge is -2.25. The molecule has 1 aromatic heterocycles. The van der Waals surface area contributed by atoms with Crippen molar-refractivity contribution < 1.29 is 4.79 Å². The van der Waals surface area contributed by atoms with Crippen LogP contribution in [0.25, 0.3) is 0 Å². The number of amides is 1. The van der Waals surface area contributed by atoms with Crippen LogP contribution in [0.1, 0.15) is 28.9 Å². The fourth-order valence-electron chi connectivity index (χ4n) is 1.87. The van der Waals surface area contributed by atoms with Crippen molar-refractivity contribution in [2.24, 2.45) is 0 Å². The minimum absolute atomic E-state index is 0.0245. The third-order valence-electron chi connectivity index (χ3n) is 3.26. The minimum atomic E-state index is -0.0485. The first-order valence-electron chi connectivity index (χ1n) is 6.13. The smallest absolute Gasteiger partial charge is 0.254 e. The highest BCUT2D eigenvalue weighted by molar-refractivity contribution is 14.1. The molecule has 3 nitrogen and oxygen atoms in total. The van der Waals surface area contributed by atoms with Gasteiger partial charge in [-0.05, 0) is 65.4 Å². The van der Waals surface area contributed by atoms with E-state index in [9.17, 15) is 4.79 Å². The van der Waals surface area contributed by atoms with Crippen LogP contribution in [0.2, 0.25) is 5.02 Å². The molecule has 0 saturated carbocycles. The van der Waals surface area contributed by atoms with Crippen LogP contribution >= 0.6 is 34.2 Å². The molecule has 1 amide bonds. The molecule has 0 aliphatic heterocycles. The van der Waals surface area contributed by atoms with Crippen LogP contribution in [0, 0.1) is 3.57 Å². The second-order valence-corrected chi connectivity index (χ2v) is 6.07. The van der Waals surface area contributed by atoms with Crippen LogP contribution in [0.5, 0.6) is 0 Å². The maximum atomic E-state index is 12.5. The van der Waals surface area contributed by atoms with Gasteiger partial charge in [-0.2, -0.15) is 0 Å². The SMILES string of the molecule is CC(c1ccncc1)N(C)C(=O)c1ccc(I)c(Cl)c1. The van der Waals surface area contributed by atoms with Gasteiger partial charge >= 0.3 is 0 Å². The summed E-state index contributed by atoms with van der Waals surface area (Å²) in [5.74, 6) is -0.0485. The fraction of sp³-hybridized carbons (Fsp3) is 0.200. The number of halogens is 2. The minimum Gasteiger partial charge on any atom is -0.335 e. The Balaban J connectivity index is 2.22. The summed E-state index contributed by atoms with van der Waals surface area (Å²) in [6.45, 7) is 1.99. The quantitative estimate of drug-likeness (QED) is 0.725. The van der Waals surface area contributed by atoms with E-state index in [1.165, 1.54) is 0 Å². The predicted molar refractivity (Wildman–Crippen MR) is 88.9 cm³/mol. The Hall–Kier alpha value is -1.14. The Bertz CT molecular complexity index is 619. The van der Waals surface area contributed by atoms with E-state index in [1.807, 2.05) is 25.1 Å². The van der Waals surface area contributed by atoms with Gasteiger partial charge in [0.15, 0.2) is 0 Å². The van der Waals surface area contributed by atoms with Crippen LogP contribution in [0.4, 0.5) is 0 Å². The molecule has 0 aliphatic carbocycles.